The van der Waals surface area contributed by atoms with Crippen LogP contribution in [0.3, 0.4) is 0 Å². The van der Waals surface area contributed by atoms with E-state index in [2.05, 4.69) is 11.1 Å². The van der Waals surface area contributed by atoms with Crippen molar-refractivity contribution < 1.29 is 0 Å². The molecule has 0 radical (unpaired) electrons. The minimum absolute atomic E-state index is 0.785. The summed E-state index contributed by atoms with van der Waals surface area (Å²) in [5.74, 6) is 3.05. The highest BCUT2D eigenvalue weighted by molar-refractivity contribution is 7.98. The Labute approximate surface area is 88.9 Å². The van der Waals surface area contributed by atoms with E-state index in [0.717, 1.165) is 18.1 Å². The zero-order valence-corrected chi connectivity index (χ0v) is 9.15. The lowest BCUT2D eigenvalue weighted by Crippen LogP contribution is -1.85. The van der Waals surface area contributed by atoms with Gasteiger partial charge in [0, 0.05) is 24.0 Å². The predicted molar refractivity (Wildman–Crippen MR) is 60.4 cm³/mol. The molecule has 1 heterocycles. The van der Waals surface area contributed by atoms with Crippen LogP contribution in [-0.4, -0.2) is 16.6 Å². The van der Waals surface area contributed by atoms with Gasteiger partial charge in [0.25, 0.3) is 0 Å². The molecule has 13 heavy (non-hydrogen) atoms. The summed E-state index contributed by atoms with van der Waals surface area (Å²) in [6.45, 7) is 0. The van der Waals surface area contributed by atoms with Gasteiger partial charge in [-0.2, -0.15) is 11.8 Å². The Hall–Kier alpha value is -0.210. The fourth-order valence-corrected chi connectivity index (χ4v) is 2.12. The third-order valence-electron chi connectivity index (χ3n) is 1.66. The summed E-state index contributed by atoms with van der Waals surface area (Å²) >= 11 is 7.53. The fourth-order valence-electron chi connectivity index (χ4n) is 0.972. The average molecular weight is 216 g/mol. The molecule has 1 aromatic rings. The van der Waals surface area contributed by atoms with E-state index in [1.165, 1.54) is 17.7 Å². The van der Waals surface area contributed by atoms with Crippen molar-refractivity contribution in [2.45, 2.75) is 18.6 Å². The Morgan fingerprint density at radius 3 is 3.00 bits per heavy atom. The molecule has 0 atom stereocenters. The maximum atomic E-state index is 5.58. The van der Waals surface area contributed by atoms with Crippen LogP contribution in [0, 0.1) is 0 Å². The van der Waals surface area contributed by atoms with E-state index in [0.29, 0.717) is 0 Å². The Morgan fingerprint density at radius 1 is 1.38 bits per heavy atom. The second-order valence-corrected chi connectivity index (χ2v) is 4.29. The van der Waals surface area contributed by atoms with Gasteiger partial charge in [-0.1, -0.05) is 6.07 Å². The second-order valence-electron chi connectivity index (χ2n) is 2.81. The molecule has 0 aliphatic heterocycles. The summed E-state index contributed by atoms with van der Waals surface area (Å²) in [4.78, 5) is 4.07. The van der Waals surface area contributed by atoms with Gasteiger partial charge in [-0.15, -0.1) is 11.6 Å². The molecule has 0 spiro atoms. The Balaban J connectivity index is 2.07. The van der Waals surface area contributed by atoms with Gasteiger partial charge in [-0.3, -0.25) is 4.98 Å². The van der Waals surface area contributed by atoms with Crippen molar-refractivity contribution in [2.24, 2.45) is 0 Å². The highest BCUT2D eigenvalue weighted by Gasteiger charge is 1.92. The molecule has 0 unspecified atom stereocenters. The lowest BCUT2D eigenvalue weighted by atomic mass is 10.3. The van der Waals surface area contributed by atoms with E-state index in [4.69, 9.17) is 11.6 Å². The van der Waals surface area contributed by atoms with Crippen molar-refractivity contribution in [1.29, 1.82) is 0 Å². The van der Waals surface area contributed by atoms with Gasteiger partial charge in [0.1, 0.15) is 0 Å². The first-order valence-corrected chi connectivity index (χ1v) is 6.15. The fraction of sp³-hybridized carbons (Fsp3) is 0.500. The summed E-state index contributed by atoms with van der Waals surface area (Å²) in [6, 6.07) is 4.09. The van der Waals surface area contributed by atoms with E-state index in [1.54, 1.807) is 0 Å². The van der Waals surface area contributed by atoms with Crippen molar-refractivity contribution in [3.63, 3.8) is 0 Å². The lowest BCUT2D eigenvalue weighted by molar-refractivity contribution is 0.902. The van der Waals surface area contributed by atoms with E-state index < -0.39 is 0 Å². The zero-order valence-electron chi connectivity index (χ0n) is 7.58. The largest absolute Gasteiger partial charge is 0.264 e. The van der Waals surface area contributed by atoms with Gasteiger partial charge < -0.3 is 0 Å². The van der Waals surface area contributed by atoms with E-state index in [1.807, 2.05) is 30.2 Å². The van der Waals surface area contributed by atoms with Crippen LogP contribution in [0.25, 0.3) is 0 Å². The number of pyridine rings is 1. The average Bonchev–Trinajstić information content (AvgIpc) is 2.19. The lowest BCUT2D eigenvalue weighted by Gasteiger charge is -1.99. The van der Waals surface area contributed by atoms with Gasteiger partial charge in [-0.05, 0) is 30.2 Å². The van der Waals surface area contributed by atoms with E-state index >= 15 is 0 Å². The molecule has 0 saturated heterocycles. The molecule has 0 saturated carbocycles. The monoisotopic (exact) mass is 215 g/mol. The molecule has 0 aliphatic carbocycles. The van der Waals surface area contributed by atoms with Crippen LogP contribution in [-0.2, 0) is 5.75 Å². The third kappa shape index (κ3) is 5.17. The van der Waals surface area contributed by atoms with Crippen LogP contribution in [0.1, 0.15) is 18.4 Å². The number of alkyl halides is 1. The summed E-state index contributed by atoms with van der Waals surface area (Å²) in [7, 11) is 0. The van der Waals surface area contributed by atoms with Crippen LogP contribution in [0.4, 0.5) is 0 Å². The van der Waals surface area contributed by atoms with Crippen LogP contribution < -0.4 is 0 Å². The van der Waals surface area contributed by atoms with Crippen molar-refractivity contribution in [3.05, 3.63) is 30.1 Å². The molecule has 72 valence electrons. The van der Waals surface area contributed by atoms with Crippen molar-refractivity contribution in [2.75, 3.05) is 11.6 Å². The molecular formula is C10H14ClNS. The van der Waals surface area contributed by atoms with Crippen LogP contribution >= 0.6 is 23.4 Å². The minimum Gasteiger partial charge on any atom is -0.264 e. The zero-order chi connectivity index (χ0) is 9.36. The number of hydrogen-bond acceptors (Lipinski definition) is 2. The summed E-state index contributed by atoms with van der Waals surface area (Å²) in [5.41, 5.74) is 1.30. The number of unbranched alkanes of at least 4 members (excludes halogenated alkanes) is 1. The van der Waals surface area contributed by atoms with Crippen LogP contribution in [0.2, 0.25) is 0 Å². The van der Waals surface area contributed by atoms with Gasteiger partial charge >= 0.3 is 0 Å². The van der Waals surface area contributed by atoms with E-state index in [9.17, 15) is 0 Å². The quantitative estimate of drug-likeness (QED) is 0.533. The standard InChI is InChI=1S/C10H14ClNS/c11-5-1-2-7-13-9-10-4-3-6-12-8-10/h3-4,6,8H,1-2,5,7,9H2. The molecule has 0 fully saturated rings. The summed E-state index contributed by atoms with van der Waals surface area (Å²) in [6.07, 6.45) is 6.08. The van der Waals surface area contributed by atoms with Crippen molar-refractivity contribution in [1.82, 2.24) is 4.98 Å². The molecular weight excluding hydrogens is 202 g/mol. The molecule has 3 heteroatoms. The number of thioether (sulfide) groups is 1. The Morgan fingerprint density at radius 2 is 2.31 bits per heavy atom. The smallest absolute Gasteiger partial charge is 0.0308 e. The first-order valence-electron chi connectivity index (χ1n) is 4.46. The van der Waals surface area contributed by atoms with Gasteiger partial charge in [0.05, 0.1) is 0 Å². The molecule has 1 rings (SSSR count). The molecule has 0 aliphatic rings. The molecule has 1 nitrogen and oxygen atoms in total. The number of aromatic nitrogens is 1. The highest BCUT2D eigenvalue weighted by atomic mass is 35.5. The molecule has 0 aromatic carbocycles. The Kier molecular flexibility index (Phi) is 6.03. The predicted octanol–water partition coefficient (Wildman–Crippen LogP) is 3.33. The van der Waals surface area contributed by atoms with Gasteiger partial charge in [0.15, 0.2) is 0 Å². The SMILES string of the molecule is ClCCCCSCc1cccnc1. The van der Waals surface area contributed by atoms with E-state index in [-0.39, 0.29) is 0 Å². The van der Waals surface area contributed by atoms with Gasteiger partial charge in [0.2, 0.25) is 0 Å². The number of hydrogen-bond donors (Lipinski definition) is 0. The van der Waals surface area contributed by atoms with Gasteiger partial charge in [-0.25, -0.2) is 0 Å². The molecule has 1 aromatic heterocycles. The minimum atomic E-state index is 0.785. The number of nitrogens with zero attached hydrogens (tertiary/aromatic N) is 1. The molecule has 0 bridgehead atoms. The summed E-state index contributed by atoms with van der Waals surface area (Å²) in [5, 5.41) is 0. The molecule has 0 amide bonds. The second kappa shape index (κ2) is 7.22. The topological polar surface area (TPSA) is 12.9 Å². The normalized spacial score (nSPS) is 10.2. The third-order valence-corrected chi connectivity index (χ3v) is 3.05. The number of halogens is 1. The molecule has 0 N–H and O–H groups in total. The first-order chi connectivity index (χ1) is 6.43. The maximum absolute atomic E-state index is 5.58. The maximum Gasteiger partial charge on any atom is 0.0308 e. The summed E-state index contributed by atoms with van der Waals surface area (Å²) < 4.78 is 0. The van der Waals surface area contributed by atoms with Crippen LogP contribution in [0.5, 0.6) is 0 Å². The van der Waals surface area contributed by atoms with Crippen LogP contribution in [0.15, 0.2) is 24.5 Å². The Bertz CT molecular complexity index is 215. The highest BCUT2D eigenvalue weighted by Crippen LogP contribution is 2.12. The first kappa shape index (κ1) is 10.9. The van der Waals surface area contributed by atoms with Crippen molar-refractivity contribution >= 4 is 23.4 Å². The number of rotatable bonds is 6. The van der Waals surface area contributed by atoms with Crippen molar-refractivity contribution in [3.8, 4) is 0 Å².